The van der Waals surface area contributed by atoms with Gasteiger partial charge in [-0.15, -0.1) is 0 Å². The maximum atomic E-state index is 4.51. The quantitative estimate of drug-likeness (QED) is 0.286. The highest BCUT2D eigenvalue weighted by molar-refractivity contribution is 5.86. The zero-order valence-electron chi connectivity index (χ0n) is 27.3. The van der Waals surface area contributed by atoms with E-state index in [1.807, 2.05) is 12.4 Å². The molecule has 0 rings (SSSR count). The molecule has 0 aliphatic rings. The largest absolute Gasteiger partial charge is 0.295 e. The normalized spacial score (nSPS) is 12.9. The monoisotopic (exact) mass is 495 g/mol. The first-order valence-corrected chi connectivity index (χ1v) is 14.0. The molecule has 4 heteroatoms. The highest BCUT2D eigenvalue weighted by Crippen LogP contribution is 2.03. The van der Waals surface area contributed by atoms with E-state index in [1.54, 1.807) is 0 Å². The smallest absolute Gasteiger partial charge is 0.0442 e. The third kappa shape index (κ3) is 43.2. The van der Waals surface area contributed by atoms with Crippen LogP contribution in [0.25, 0.3) is 0 Å². The fourth-order valence-corrected chi connectivity index (χ4v) is 2.23. The first-order chi connectivity index (χ1) is 15.9. The molecule has 0 atom stereocenters. The number of hydrogen-bond donors (Lipinski definition) is 0. The maximum Gasteiger partial charge on any atom is 0.0442 e. The van der Waals surface area contributed by atoms with Crippen LogP contribution in [0.5, 0.6) is 0 Å². The Labute approximate surface area is 222 Å². The molecule has 0 aliphatic heterocycles. The van der Waals surface area contributed by atoms with Gasteiger partial charge in [-0.2, -0.15) is 0 Å². The minimum atomic E-state index is 0.451. The third-order valence-electron chi connectivity index (χ3n) is 4.11. The molecule has 0 radical (unpaired) electrons. The summed E-state index contributed by atoms with van der Waals surface area (Å²) in [6.07, 6.45) is 5.07. The van der Waals surface area contributed by atoms with Crippen molar-refractivity contribution >= 4 is 23.9 Å². The molecule has 0 aromatic heterocycles. The highest BCUT2D eigenvalue weighted by Gasteiger charge is 2.02. The van der Waals surface area contributed by atoms with Gasteiger partial charge in [0.15, 0.2) is 0 Å². The minimum absolute atomic E-state index is 0.451. The van der Waals surface area contributed by atoms with E-state index >= 15 is 0 Å². The molecule has 0 bridgehead atoms. The highest BCUT2D eigenvalue weighted by atomic mass is 14.8. The molecule has 0 spiro atoms. The van der Waals surface area contributed by atoms with E-state index in [0.717, 1.165) is 6.42 Å². The molecule has 0 aromatic rings. The van der Waals surface area contributed by atoms with Gasteiger partial charge in [-0.3, -0.25) is 20.0 Å². The summed E-state index contributed by atoms with van der Waals surface area (Å²) in [7, 11) is 0. The summed E-state index contributed by atoms with van der Waals surface area (Å²) in [5.74, 6) is 2.41. The van der Waals surface area contributed by atoms with Crippen LogP contribution in [0, 0.1) is 23.7 Å². The summed E-state index contributed by atoms with van der Waals surface area (Å²) in [6.45, 7) is 38.3. The zero-order chi connectivity index (χ0) is 28.7. The van der Waals surface area contributed by atoms with Crippen molar-refractivity contribution in [3.8, 4) is 0 Å². The molecule has 0 N–H and O–H groups in total. The lowest BCUT2D eigenvalue weighted by molar-refractivity contribution is 0.782. The minimum Gasteiger partial charge on any atom is -0.295 e. The van der Waals surface area contributed by atoms with Crippen molar-refractivity contribution in [2.75, 3.05) is 0 Å². The Hall–Kier alpha value is -1.32. The SMILES string of the molecule is CC(=NC(C)C)C(C)C.CC(C)C=NC(C)C.CC(C)C=NC(C)C.CCC(=NC(C)C)C(C)C. The topological polar surface area (TPSA) is 49.4 Å². The van der Waals surface area contributed by atoms with E-state index in [-0.39, 0.29) is 0 Å². The summed E-state index contributed by atoms with van der Waals surface area (Å²) >= 11 is 0. The first-order valence-electron chi connectivity index (χ1n) is 14.0. The van der Waals surface area contributed by atoms with Crippen LogP contribution < -0.4 is 0 Å². The van der Waals surface area contributed by atoms with Crippen molar-refractivity contribution in [1.29, 1.82) is 0 Å². The Kier molecular flexibility index (Phi) is 30.1. The van der Waals surface area contributed by atoms with Crippen molar-refractivity contribution in [2.24, 2.45) is 43.6 Å². The van der Waals surface area contributed by atoms with Gasteiger partial charge in [0, 0.05) is 48.0 Å². The second kappa shape index (κ2) is 25.8. The third-order valence-corrected chi connectivity index (χ3v) is 4.11. The van der Waals surface area contributed by atoms with Gasteiger partial charge in [0.2, 0.25) is 0 Å². The van der Waals surface area contributed by atoms with Crippen LogP contribution in [0.4, 0.5) is 0 Å². The fourth-order valence-electron chi connectivity index (χ4n) is 2.23. The Balaban J connectivity index is -0.000000184. The molecule has 0 fully saturated rings. The van der Waals surface area contributed by atoms with E-state index in [2.05, 4.69) is 145 Å². The summed E-state index contributed by atoms with van der Waals surface area (Å²) in [5.41, 5.74) is 2.60. The fraction of sp³-hybridized carbons (Fsp3) is 0.871. The Morgan fingerprint density at radius 1 is 0.514 bits per heavy atom. The summed E-state index contributed by atoms with van der Waals surface area (Å²) in [6, 6.07) is 1.82. The van der Waals surface area contributed by atoms with E-state index in [4.69, 9.17) is 0 Å². The van der Waals surface area contributed by atoms with Gasteiger partial charge in [0.05, 0.1) is 0 Å². The molecular weight excluding hydrogens is 428 g/mol. The van der Waals surface area contributed by atoms with Crippen molar-refractivity contribution in [2.45, 2.75) is 155 Å². The lowest BCUT2D eigenvalue weighted by Crippen LogP contribution is -2.08. The summed E-state index contributed by atoms with van der Waals surface area (Å²) < 4.78 is 0. The molecule has 0 saturated carbocycles. The second-order valence-electron chi connectivity index (χ2n) is 11.5. The predicted octanol–water partition coefficient (Wildman–Crippen LogP) is 9.66. The molecule has 0 unspecified atom stereocenters. The number of hydrogen-bond acceptors (Lipinski definition) is 4. The van der Waals surface area contributed by atoms with Gasteiger partial charge in [-0.05, 0) is 92.4 Å². The van der Waals surface area contributed by atoms with E-state index < -0.39 is 0 Å². The lowest BCUT2D eigenvalue weighted by Gasteiger charge is -2.08. The van der Waals surface area contributed by atoms with Gasteiger partial charge >= 0.3 is 0 Å². The van der Waals surface area contributed by atoms with Gasteiger partial charge in [0.25, 0.3) is 0 Å². The molecule has 0 aliphatic carbocycles. The van der Waals surface area contributed by atoms with E-state index in [1.165, 1.54) is 11.4 Å². The predicted molar refractivity (Wildman–Crippen MR) is 168 cm³/mol. The van der Waals surface area contributed by atoms with Crippen LogP contribution in [0.2, 0.25) is 0 Å². The maximum absolute atomic E-state index is 4.51. The average Bonchev–Trinajstić information content (AvgIpc) is 2.69. The van der Waals surface area contributed by atoms with Gasteiger partial charge in [0.1, 0.15) is 0 Å². The molecule has 0 heterocycles. The standard InChI is InChI=1S/C9H19N.C8H17N.2C7H15N/c1-6-9(7(2)3)10-8(4)5;1-6(2)8(5)9-7(3)4;2*1-6(2)5-8-7(3)4/h7-8H,6H2,1-5H3;6-7H,1-5H3;2*5-7H,1-4H3. The van der Waals surface area contributed by atoms with Crippen LogP contribution in [0.15, 0.2) is 20.0 Å². The molecule has 0 saturated heterocycles. The van der Waals surface area contributed by atoms with Crippen LogP contribution in [-0.2, 0) is 0 Å². The molecular formula is C31H66N4. The van der Waals surface area contributed by atoms with Crippen LogP contribution in [-0.4, -0.2) is 48.0 Å². The Morgan fingerprint density at radius 2 is 0.857 bits per heavy atom. The molecule has 35 heavy (non-hydrogen) atoms. The molecule has 0 aromatic carbocycles. The van der Waals surface area contributed by atoms with Crippen LogP contribution in [0.1, 0.15) is 131 Å². The lowest BCUT2D eigenvalue weighted by atomic mass is 10.1. The van der Waals surface area contributed by atoms with E-state index in [9.17, 15) is 0 Å². The van der Waals surface area contributed by atoms with Crippen molar-refractivity contribution in [3.63, 3.8) is 0 Å². The molecule has 4 nitrogen and oxygen atoms in total. The Morgan fingerprint density at radius 3 is 0.943 bits per heavy atom. The summed E-state index contributed by atoms with van der Waals surface area (Å²) in [5, 5.41) is 0. The number of aliphatic imine (C=N–C) groups is 4. The zero-order valence-corrected chi connectivity index (χ0v) is 27.3. The van der Waals surface area contributed by atoms with Gasteiger partial charge in [-0.25, -0.2) is 0 Å². The Bertz CT molecular complexity index is 519. The number of rotatable bonds is 9. The average molecular weight is 495 g/mol. The van der Waals surface area contributed by atoms with Crippen molar-refractivity contribution in [3.05, 3.63) is 0 Å². The van der Waals surface area contributed by atoms with Gasteiger partial charge < -0.3 is 0 Å². The van der Waals surface area contributed by atoms with Crippen LogP contribution >= 0.6 is 0 Å². The van der Waals surface area contributed by atoms with Gasteiger partial charge in [-0.1, -0.05) is 62.3 Å². The molecule has 210 valence electrons. The van der Waals surface area contributed by atoms with E-state index in [0.29, 0.717) is 47.8 Å². The summed E-state index contributed by atoms with van der Waals surface area (Å²) in [4.78, 5) is 17.3. The van der Waals surface area contributed by atoms with Crippen molar-refractivity contribution in [1.82, 2.24) is 0 Å². The van der Waals surface area contributed by atoms with Crippen molar-refractivity contribution < 1.29 is 0 Å². The second-order valence-corrected chi connectivity index (χ2v) is 11.5. The first kappa shape index (κ1) is 40.8. The number of nitrogens with zero attached hydrogens (tertiary/aromatic N) is 4. The van der Waals surface area contributed by atoms with Crippen LogP contribution in [0.3, 0.4) is 0 Å². The molecule has 0 amide bonds.